The van der Waals surface area contributed by atoms with Gasteiger partial charge in [-0.3, -0.25) is 19.1 Å². The molecule has 8 heteroatoms. The lowest BCUT2D eigenvalue weighted by atomic mass is 9.78. The predicted octanol–water partition coefficient (Wildman–Crippen LogP) is 2.86. The first-order valence-electron chi connectivity index (χ1n) is 12.0. The van der Waals surface area contributed by atoms with Crippen LogP contribution in [-0.4, -0.2) is 34.6 Å². The number of nitrogens with zero attached hydrogens (tertiary/aromatic N) is 2. The second-order valence-electron chi connectivity index (χ2n) is 9.07. The van der Waals surface area contributed by atoms with E-state index in [1.807, 2.05) is 6.92 Å². The highest BCUT2D eigenvalue weighted by atomic mass is 16.2. The zero-order chi connectivity index (χ0) is 23.0. The van der Waals surface area contributed by atoms with E-state index in [0.29, 0.717) is 24.9 Å². The van der Waals surface area contributed by atoms with Gasteiger partial charge < -0.3 is 16.0 Å². The number of anilines is 2. The van der Waals surface area contributed by atoms with Crippen LogP contribution in [0.5, 0.6) is 0 Å². The lowest BCUT2D eigenvalue weighted by molar-refractivity contribution is -0.121. The molecule has 1 fully saturated rings. The largest absolute Gasteiger partial charge is 0.383 e. The third-order valence-electron chi connectivity index (χ3n) is 6.68. The number of H-pyrrole nitrogens is 1. The topological polar surface area (TPSA) is 113 Å². The maximum atomic E-state index is 13.0. The van der Waals surface area contributed by atoms with Gasteiger partial charge >= 0.3 is 5.69 Å². The summed E-state index contributed by atoms with van der Waals surface area (Å²) in [6.45, 7) is 9.60. The van der Waals surface area contributed by atoms with Crippen LogP contribution in [0.15, 0.2) is 9.59 Å². The summed E-state index contributed by atoms with van der Waals surface area (Å²) >= 11 is 0. The molecule has 0 radical (unpaired) electrons. The van der Waals surface area contributed by atoms with Crippen LogP contribution in [0.2, 0.25) is 0 Å². The van der Waals surface area contributed by atoms with Crippen LogP contribution in [0.4, 0.5) is 11.5 Å². The Hall–Kier alpha value is -2.25. The molecular formula is C23H41N5O3. The van der Waals surface area contributed by atoms with E-state index in [0.717, 1.165) is 44.9 Å². The van der Waals surface area contributed by atoms with Crippen molar-refractivity contribution in [2.24, 2.45) is 11.8 Å². The maximum absolute atomic E-state index is 13.0. The van der Waals surface area contributed by atoms with Gasteiger partial charge in [0.2, 0.25) is 5.91 Å². The molecule has 1 saturated carbocycles. The Morgan fingerprint density at radius 1 is 1.16 bits per heavy atom. The molecule has 31 heavy (non-hydrogen) atoms. The van der Waals surface area contributed by atoms with Crippen LogP contribution in [0.25, 0.3) is 0 Å². The summed E-state index contributed by atoms with van der Waals surface area (Å²) in [5.41, 5.74) is 5.50. The van der Waals surface area contributed by atoms with Crippen molar-refractivity contribution in [1.82, 2.24) is 14.9 Å². The maximum Gasteiger partial charge on any atom is 0.330 e. The quantitative estimate of drug-likeness (QED) is 0.463. The van der Waals surface area contributed by atoms with Crippen LogP contribution in [0.3, 0.4) is 0 Å². The van der Waals surface area contributed by atoms with E-state index in [1.165, 1.54) is 11.0 Å². The summed E-state index contributed by atoms with van der Waals surface area (Å²) in [6, 6.07) is 0.155. The Kier molecular flexibility index (Phi) is 9.65. The fourth-order valence-electron chi connectivity index (χ4n) is 4.46. The number of amides is 1. The van der Waals surface area contributed by atoms with Crippen molar-refractivity contribution in [3.05, 3.63) is 20.8 Å². The molecule has 1 aliphatic carbocycles. The molecule has 1 aromatic rings. The zero-order valence-electron chi connectivity index (χ0n) is 19.7. The average Bonchev–Trinajstić information content (AvgIpc) is 2.71. The number of nitrogens with two attached hydrogens (primary N) is 1. The van der Waals surface area contributed by atoms with Gasteiger partial charge in [-0.05, 0) is 31.1 Å². The molecule has 3 atom stereocenters. The molecule has 0 bridgehead atoms. The molecule has 1 heterocycles. The minimum absolute atomic E-state index is 0.0561. The minimum atomic E-state index is -0.529. The highest BCUT2D eigenvalue weighted by Crippen LogP contribution is 2.29. The molecule has 4 N–H and O–H groups in total. The molecule has 0 aromatic carbocycles. The lowest BCUT2D eigenvalue weighted by Crippen LogP contribution is -2.49. The minimum Gasteiger partial charge on any atom is -0.383 e. The van der Waals surface area contributed by atoms with Crippen LogP contribution < -0.4 is 27.2 Å². The Morgan fingerprint density at radius 2 is 1.87 bits per heavy atom. The molecule has 1 amide bonds. The van der Waals surface area contributed by atoms with E-state index in [1.54, 1.807) is 4.90 Å². The summed E-state index contributed by atoms with van der Waals surface area (Å²) in [5.74, 6) is 1.05. The van der Waals surface area contributed by atoms with Crippen LogP contribution in [0, 0.1) is 11.8 Å². The Balaban J connectivity index is 2.26. The molecule has 176 valence electrons. The molecule has 0 spiro atoms. The second-order valence-corrected chi connectivity index (χ2v) is 9.07. The zero-order valence-corrected chi connectivity index (χ0v) is 19.7. The first kappa shape index (κ1) is 25.0. The van der Waals surface area contributed by atoms with Gasteiger partial charge in [-0.1, -0.05) is 59.8 Å². The number of nitrogen functional groups attached to an aromatic ring is 1. The summed E-state index contributed by atoms with van der Waals surface area (Å²) in [5, 5.41) is 3.19. The molecule has 2 rings (SSSR count). The van der Waals surface area contributed by atoms with Gasteiger partial charge in [-0.15, -0.1) is 0 Å². The number of carbonyl (C=O) groups is 1. The fraction of sp³-hybridized carbons (Fsp3) is 0.783. The summed E-state index contributed by atoms with van der Waals surface area (Å²) in [6.07, 6.45) is 7.84. The molecule has 0 unspecified atom stereocenters. The van der Waals surface area contributed by atoms with Crippen molar-refractivity contribution in [2.45, 2.75) is 91.6 Å². The Morgan fingerprint density at radius 3 is 2.55 bits per heavy atom. The van der Waals surface area contributed by atoms with Crippen LogP contribution in [-0.2, 0) is 11.3 Å². The molecular weight excluding hydrogens is 394 g/mol. The van der Waals surface area contributed by atoms with E-state index in [2.05, 4.69) is 31.1 Å². The highest BCUT2D eigenvalue weighted by Gasteiger charge is 2.29. The smallest absolute Gasteiger partial charge is 0.330 e. The van der Waals surface area contributed by atoms with E-state index in [4.69, 9.17) is 5.73 Å². The standard InChI is InChI=1S/C23H41N5O3/c1-5-7-9-13-27(15-19(29)25-18-12-10-11-16(3)17(18)4)20-21(24)28(14-8-6-2)23(31)26-22(20)30/h16-18H,5-15,24H2,1-4H3,(H,25,29)(H,26,30,31)/t16-,17-,18-/m1/s1. The fourth-order valence-corrected chi connectivity index (χ4v) is 4.46. The Labute approximate surface area is 185 Å². The number of aromatic amines is 1. The van der Waals surface area contributed by atoms with E-state index >= 15 is 0 Å². The first-order valence-corrected chi connectivity index (χ1v) is 12.0. The van der Waals surface area contributed by atoms with E-state index < -0.39 is 11.2 Å². The van der Waals surface area contributed by atoms with Crippen molar-refractivity contribution in [2.75, 3.05) is 23.7 Å². The predicted molar refractivity (Wildman–Crippen MR) is 126 cm³/mol. The van der Waals surface area contributed by atoms with Gasteiger partial charge in [0, 0.05) is 19.1 Å². The first-order chi connectivity index (χ1) is 14.8. The normalized spacial score (nSPS) is 21.1. The average molecular weight is 436 g/mol. The van der Waals surface area contributed by atoms with Crippen molar-refractivity contribution in [1.29, 1.82) is 0 Å². The van der Waals surface area contributed by atoms with Crippen molar-refractivity contribution in [3.8, 4) is 0 Å². The molecule has 8 nitrogen and oxygen atoms in total. The molecule has 0 aliphatic heterocycles. The van der Waals surface area contributed by atoms with Gasteiger partial charge in [-0.25, -0.2) is 4.79 Å². The molecule has 1 aromatic heterocycles. The number of nitrogens with one attached hydrogen (secondary N) is 2. The van der Waals surface area contributed by atoms with Gasteiger partial charge in [-0.2, -0.15) is 0 Å². The number of unbranched alkanes of at least 4 members (excludes halogenated alkanes) is 3. The SMILES string of the molecule is CCCCCN(CC(=O)N[C@@H]1CCC[C@@H](C)[C@H]1C)c1c(N)n(CCCC)c(=O)[nH]c1=O. The van der Waals surface area contributed by atoms with Gasteiger partial charge in [0.1, 0.15) is 11.5 Å². The second kappa shape index (κ2) is 12.0. The van der Waals surface area contributed by atoms with Crippen LogP contribution >= 0.6 is 0 Å². The number of rotatable bonds is 11. The van der Waals surface area contributed by atoms with Crippen molar-refractivity contribution in [3.63, 3.8) is 0 Å². The Bertz CT molecular complexity index is 831. The highest BCUT2D eigenvalue weighted by molar-refractivity contribution is 5.82. The van der Waals surface area contributed by atoms with E-state index in [9.17, 15) is 14.4 Å². The van der Waals surface area contributed by atoms with Crippen molar-refractivity contribution < 1.29 is 4.79 Å². The summed E-state index contributed by atoms with van der Waals surface area (Å²) in [7, 11) is 0. The number of carbonyl (C=O) groups excluding carboxylic acids is 1. The number of hydrogen-bond donors (Lipinski definition) is 3. The lowest BCUT2D eigenvalue weighted by Gasteiger charge is -2.35. The monoisotopic (exact) mass is 435 g/mol. The number of hydrogen-bond acceptors (Lipinski definition) is 5. The summed E-state index contributed by atoms with van der Waals surface area (Å²) in [4.78, 5) is 42.1. The van der Waals surface area contributed by atoms with Gasteiger partial charge in [0.25, 0.3) is 5.56 Å². The number of aromatic nitrogens is 2. The van der Waals surface area contributed by atoms with Gasteiger partial charge in [0.15, 0.2) is 0 Å². The van der Waals surface area contributed by atoms with Gasteiger partial charge in [0.05, 0.1) is 6.54 Å². The van der Waals surface area contributed by atoms with E-state index in [-0.39, 0.29) is 30.0 Å². The molecule has 0 saturated heterocycles. The third-order valence-corrected chi connectivity index (χ3v) is 6.68. The third kappa shape index (κ3) is 6.61. The van der Waals surface area contributed by atoms with Crippen LogP contribution in [0.1, 0.15) is 79.1 Å². The summed E-state index contributed by atoms with van der Waals surface area (Å²) < 4.78 is 1.41. The molecule has 1 aliphatic rings. The van der Waals surface area contributed by atoms with Crippen molar-refractivity contribution >= 4 is 17.4 Å².